The van der Waals surface area contributed by atoms with Crippen molar-refractivity contribution in [2.45, 2.75) is 40.0 Å². The Kier molecular flexibility index (Phi) is 4.78. The van der Waals surface area contributed by atoms with Crippen molar-refractivity contribution in [2.24, 2.45) is 16.1 Å². The summed E-state index contributed by atoms with van der Waals surface area (Å²) in [7, 11) is -2.99. The minimum absolute atomic E-state index is 0.231. The molecule has 3 rings (SSSR count). The Morgan fingerprint density at radius 2 is 1.46 bits per heavy atom. The van der Waals surface area contributed by atoms with Crippen LogP contribution in [0.1, 0.15) is 40.0 Å². The van der Waals surface area contributed by atoms with Crippen molar-refractivity contribution >= 4 is 23.6 Å². The molecule has 0 spiro atoms. The van der Waals surface area contributed by atoms with E-state index in [1.54, 1.807) is 0 Å². The molecule has 0 bridgehead atoms. The van der Waals surface area contributed by atoms with Crippen molar-refractivity contribution in [1.29, 1.82) is 0 Å². The Morgan fingerprint density at radius 3 is 1.92 bits per heavy atom. The summed E-state index contributed by atoms with van der Waals surface area (Å²) in [6.45, 7) is 6.84. The third kappa shape index (κ3) is 3.70. The van der Waals surface area contributed by atoms with Crippen LogP contribution in [-0.4, -0.2) is 5.71 Å². The summed E-state index contributed by atoms with van der Waals surface area (Å²) in [5.74, 6) is 0.590. The first-order chi connectivity index (χ1) is 11.4. The lowest BCUT2D eigenvalue weighted by Gasteiger charge is -2.35. The van der Waals surface area contributed by atoms with Gasteiger partial charge in [-0.2, -0.15) is 0 Å². The Hall–Kier alpha value is -1.66. The van der Waals surface area contributed by atoms with Crippen LogP contribution in [0.15, 0.2) is 65.4 Å². The van der Waals surface area contributed by atoms with Gasteiger partial charge in [-0.3, -0.25) is 4.57 Å². The molecule has 1 aliphatic rings. The highest BCUT2D eigenvalue weighted by atomic mass is 31.2. The molecule has 1 saturated carbocycles. The van der Waals surface area contributed by atoms with Gasteiger partial charge in [0.15, 0.2) is 0 Å². The monoisotopic (exact) mass is 339 g/mol. The molecule has 1 aliphatic carbocycles. The maximum atomic E-state index is 14.0. The molecule has 0 aliphatic heterocycles. The summed E-state index contributed by atoms with van der Waals surface area (Å²) in [6.07, 6.45) is 3.08. The molecule has 2 nitrogen and oxygen atoms in total. The zero-order valence-electron chi connectivity index (χ0n) is 14.8. The number of nitrogens with zero attached hydrogens (tertiary/aromatic N) is 1. The van der Waals surface area contributed by atoms with Gasteiger partial charge in [0, 0.05) is 16.3 Å². The van der Waals surface area contributed by atoms with Gasteiger partial charge < -0.3 is 0 Å². The SMILES string of the molecule is CC1C/C(=N/P(=O)(c2ccccc2)c2ccccc2)CC(C)(C)C1. The zero-order chi connectivity index (χ0) is 17.2. The zero-order valence-corrected chi connectivity index (χ0v) is 15.7. The van der Waals surface area contributed by atoms with Crippen molar-refractivity contribution in [3.05, 3.63) is 60.7 Å². The lowest BCUT2D eigenvalue weighted by molar-refractivity contribution is 0.266. The summed E-state index contributed by atoms with van der Waals surface area (Å²) >= 11 is 0. The van der Waals surface area contributed by atoms with Gasteiger partial charge in [0.05, 0.1) is 0 Å². The smallest absolute Gasteiger partial charge is 0.247 e. The summed E-state index contributed by atoms with van der Waals surface area (Å²) < 4.78 is 18.9. The topological polar surface area (TPSA) is 29.4 Å². The van der Waals surface area contributed by atoms with E-state index >= 15 is 0 Å². The summed E-state index contributed by atoms with van der Waals surface area (Å²) in [5, 5.41) is 1.64. The summed E-state index contributed by atoms with van der Waals surface area (Å²) in [6, 6.07) is 19.4. The van der Waals surface area contributed by atoms with E-state index in [1.165, 1.54) is 6.42 Å². The highest BCUT2D eigenvalue weighted by Crippen LogP contribution is 2.48. The molecule has 1 unspecified atom stereocenters. The molecule has 126 valence electrons. The predicted octanol–water partition coefficient (Wildman–Crippen LogP) is 5.20. The van der Waals surface area contributed by atoms with Crippen LogP contribution in [0, 0.1) is 11.3 Å². The van der Waals surface area contributed by atoms with Crippen LogP contribution in [0.25, 0.3) is 0 Å². The minimum atomic E-state index is -2.99. The molecule has 0 saturated heterocycles. The van der Waals surface area contributed by atoms with Crippen molar-refractivity contribution in [3.8, 4) is 0 Å². The van der Waals surface area contributed by atoms with Gasteiger partial charge in [0.1, 0.15) is 0 Å². The second kappa shape index (κ2) is 6.69. The second-order valence-corrected chi connectivity index (χ2v) is 10.2. The van der Waals surface area contributed by atoms with E-state index in [4.69, 9.17) is 4.76 Å². The van der Waals surface area contributed by atoms with E-state index in [9.17, 15) is 4.57 Å². The first-order valence-corrected chi connectivity index (χ1v) is 10.3. The Morgan fingerprint density at radius 1 is 0.958 bits per heavy atom. The molecule has 0 amide bonds. The Labute approximate surface area is 145 Å². The lowest BCUT2D eigenvalue weighted by atomic mass is 9.72. The molecule has 2 aromatic carbocycles. The molecule has 0 radical (unpaired) electrons. The molecule has 0 N–H and O–H groups in total. The molecule has 1 atom stereocenters. The van der Waals surface area contributed by atoms with Gasteiger partial charge >= 0.3 is 0 Å². The number of rotatable bonds is 3. The highest BCUT2D eigenvalue weighted by molar-refractivity contribution is 7.77. The van der Waals surface area contributed by atoms with E-state index in [1.807, 2.05) is 60.7 Å². The van der Waals surface area contributed by atoms with E-state index in [2.05, 4.69) is 20.8 Å². The number of hydrogen-bond donors (Lipinski definition) is 0. The van der Waals surface area contributed by atoms with Crippen molar-refractivity contribution in [1.82, 2.24) is 0 Å². The molecule has 24 heavy (non-hydrogen) atoms. The van der Waals surface area contributed by atoms with Gasteiger partial charge in [-0.05, 0) is 54.9 Å². The van der Waals surface area contributed by atoms with Crippen molar-refractivity contribution in [2.75, 3.05) is 0 Å². The van der Waals surface area contributed by atoms with Crippen LogP contribution in [0.2, 0.25) is 0 Å². The Balaban J connectivity index is 2.10. The molecule has 1 fully saturated rings. The first-order valence-electron chi connectivity index (χ1n) is 8.68. The van der Waals surface area contributed by atoms with Crippen LogP contribution in [0.3, 0.4) is 0 Å². The van der Waals surface area contributed by atoms with E-state index in [-0.39, 0.29) is 5.41 Å². The molecule has 3 heteroatoms. The van der Waals surface area contributed by atoms with Gasteiger partial charge in [-0.25, -0.2) is 4.76 Å². The summed E-state index contributed by atoms with van der Waals surface area (Å²) in [4.78, 5) is 0. The normalized spacial score (nSPS) is 22.5. The molecular weight excluding hydrogens is 313 g/mol. The Bertz CT molecular complexity index is 721. The molecular formula is C21H26NOP. The van der Waals surface area contributed by atoms with Crippen molar-refractivity contribution < 1.29 is 4.57 Å². The largest absolute Gasteiger partial charge is 0.288 e. The van der Waals surface area contributed by atoms with Gasteiger partial charge in [-0.15, -0.1) is 0 Å². The summed E-state index contributed by atoms with van der Waals surface area (Å²) in [5.41, 5.74) is 1.34. The van der Waals surface area contributed by atoms with Gasteiger partial charge in [-0.1, -0.05) is 57.2 Å². The molecule has 0 aromatic heterocycles. The predicted molar refractivity (Wildman–Crippen MR) is 104 cm³/mol. The fraction of sp³-hybridized carbons (Fsp3) is 0.381. The van der Waals surface area contributed by atoms with Crippen LogP contribution in [-0.2, 0) is 4.57 Å². The average Bonchev–Trinajstić information content (AvgIpc) is 2.54. The van der Waals surface area contributed by atoms with Crippen LogP contribution >= 0.6 is 7.29 Å². The first kappa shape index (κ1) is 17.2. The number of benzene rings is 2. The quantitative estimate of drug-likeness (QED) is 0.707. The maximum absolute atomic E-state index is 14.0. The van der Waals surface area contributed by atoms with E-state index < -0.39 is 7.29 Å². The van der Waals surface area contributed by atoms with Crippen LogP contribution < -0.4 is 10.6 Å². The molecule has 2 aromatic rings. The third-order valence-electron chi connectivity index (χ3n) is 4.66. The minimum Gasteiger partial charge on any atom is -0.288 e. The third-order valence-corrected chi connectivity index (χ3v) is 7.22. The van der Waals surface area contributed by atoms with E-state index in [0.29, 0.717) is 5.92 Å². The van der Waals surface area contributed by atoms with Gasteiger partial charge in [0.2, 0.25) is 7.29 Å². The van der Waals surface area contributed by atoms with Crippen molar-refractivity contribution in [3.63, 3.8) is 0 Å². The van der Waals surface area contributed by atoms with Gasteiger partial charge in [0.25, 0.3) is 0 Å². The van der Waals surface area contributed by atoms with Crippen LogP contribution in [0.4, 0.5) is 0 Å². The number of hydrogen-bond acceptors (Lipinski definition) is 1. The standard InChI is InChI=1S/C21H26NOP/c1-17-14-18(16-21(2,3)15-17)22-24(23,19-10-6-4-7-11-19)20-12-8-5-9-13-20/h4-13,17H,14-16H2,1-3H3/b22-18-. The fourth-order valence-electron chi connectivity index (χ4n) is 3.91. The van der Waals surface area contributed by atoms with E-state index in [0.717, 1.165) is 29.2 Å². The maximum Gasteiger partial charge on any atom is 0.247 e. The van der Waals surface area contributed by atoms with Crippen LogP contribution in [0.5, 0.6) is 0 Å². The fourth-order valence-corrected chi connectivity index (χ4v) is 6.15. The second-order valence-electron chi connectivity index (χ2n) is 7.77. The molecule has 0 heterocycles. The lowest BCUT2D eigenvalue weighted by Crippen LogP contribution is -2.28. The average molecular weight is 339 g/mol. The highest BCUT2D eigenvalue weighted by Gasteiger charge is 2.33.